The van der Waals surface area contributed by atoms with Crippen molar-refractivity contribution < 1.29 is 9.53 Å². The van der Waals surface area contributed by atoms with Gasteiger partial charge in [0.1, 0.15) is 11.2 Å². The van der Waals surface area contributed by atoms with Gasteiger partial charge in [0.05, 0.1) is 17.7 Å². The number of amides is 1. The number of nitrogens with two attached hydrogens (primary N) is 1. The van der Waals surface area contributed by atoms with Crippen LogP contribution in [0.25, 0.3) is 10.2 Å². The molecule has 2 N–H and O–H groups in total. The van der Waals surface area contributed by atoms with Gasteiger partial charge in [0, 0.05) is 23.4 Å². The van der Waals surface area contributed by atoms with Gasteiger partial charge >= 0.3 is 5.69 Å². The molecule has 3 aromatic rings. The summed E-state index contributed by atoms with van der Waals surface area (Å²) < 4.78 is 8.93. The van der Waals surface area contributed by atoms with E-state index in [-0.39, 0.29) is 24.2 Å². The van der Waals surface area contributed by atoms with E-state index in [1.807, 2.05) is 44.2 Å². The summed E-state index contributed by atoms with van der Waals surface area (Å²) >= 11 is 1.39. The standard InChI is InChI=1S/C21H23N3O4S/c1-21(2)10-15-14(12-28-21)17-18(29-15)19(26)23(20(27)24(17)11-16(22)25)9-8-13-6-4-3-5-7-13/h3-7H,8-12H2,1-2H3,(H2,22,25). The van der Waals surface area contributed by atoms with Gasteiger partial charge in [-0.2, -0.15) is 0 Å². The fourth-order valence-electron chi connectivity index (χ4n) is 3.77. The first-order valence-corrected chi connectivity index (χ1v) is 10.3. The van der Waals surface area contributed by atoms with E-state index in [1.54, 1.807) is 0 Å². The van der Waals surface area contributed by atoms with E-state index in [0.717, 1.165) is 16.0 Å². The van der Waals surface area contributed by atoms with Crippen LogP contribution in [0, 0.1) is 0 Å². The third-order valence-electron chi connectivity index (χ3n) is 5.21. The van der Waals surface area contributed by atoms with E-state index in [4.69, 9.17) is 10.5 Å². The number of carbonyl (C=O) groups excluding carboxylic acids is 1. The summed E-state index contributed by atoms with van der Waals surface area (Å²) in [6, 6.07) is 9.66. The van der Waals surface area contributed by atoms with Gasteiger partial charge in [-0.3, -0.25) is 18.7 Å². The Balaban J connectivity index is 1.88. The van der Waals surface area contributed by atoms with Crippen molar-refractivity contribution in [3.63, 3.8) is 0 Å². The average molecular weight is 413 g/mol. The monoisotopic (exact) mass is 413 g/mol. The zero-order valence-corrected chi connectivity index (χ0v) is 17.3. The zero-order valence-electron chi connectivity index (χ0n) is 16.4. The van der Waals surface area contributed by atoms with Crippen LogP contribution in [-0.2, 0) is 42.1 Å². The Labute approximate surface area is 171 Å². The summed E-state index contributed by atoms with van der Waals surface area (Å²) in [5.41, 5.74) is 6.58. The lowest BCUT2D eigenvalue weighted by Gasteiger charge is -2.30. The van der Waals surface area contributed by atoms with Gasteiger partial charge in [0.2, 0.25) is 5.91 Å². The number of benzene rings is 1. The largest absolute Gasteiger partial charge is 0.370 e. The van der Waals surface area contributed by atoms with E-state index in [2.05, 4.69) is 0 Å². The van der Waals surface area contributed by atoms with Gasteiger partial charge < -0.3 is 10.5 Å². The fourth-order valence-corrected chi connectivity index (χ4v) is 5.24. The van der Waals surface area contributed by atoms with Crippen LogP contribution >= 0.6 is 11.3 Å². The van der Waals surface area contributed by atoms with Gasteiger partial charge in [-0.1, -0.05) is 30.3 Å². The van der Waals surface area contributed by atoms with E-state index >= 15 is 0 Å². The highest BCUT2D eigenvalue weighted by molar-refractivity contribution is 7.19. The van der Waals surface area contributed by atoms with Crippen molar-refractivity contribution in [2.45, 2.75) is 52.0 Å². The molecule has 1 amide bonds. The second kappa shape index (κ2) is 7.27. The van der Waals surface area contributed by atoms with Crippen molar-refractivity contribution in [3.8, 4) is 0 Å². The van der Waals surface area contributed by atoms with Crippen LogP contribution in [-0.4, -0.2) is 20.6 Å². The smallest absolute Gasteiger partial charge is 0.332 e. The molecule has 7 nitrogen and oxygen atoms in total. The van der Waals surface area contributed by atoms with Crippen LogP contribution in [0.2, 0.25) is 0 Å². The number of carbonyl (C=O) groups is 1. The highest BCUT2D eigenvalue weighted by Gasteiger charge is 2.31. The van der Waals surface area contributed by atoms with Crippen LogP contribution in [0.1, 0.15) is 29.9 Å². The Morgan fingerprint density at radius 1 is 1.21 bits per heavy atom. The van der Waals surface area contributed by atoms with Gasteiger partial charge in [-0.05, 0) is 25.8 Å². The molecule has 1 aliphatic heterocycles. The lowest BCUT2D eigenvalue weighted by molar-refractivity contribution is -0.118. The number of rotatable bonds is 5. The maximum Gasteiger partial charge on any atom is 0.332 e. The number of aryl methyl sites for hydroxylation is 1. The minimum absolute atomic E-state index is 0.237. The Bertz CT molecular complexity index is 1200. The third-order valence-corrected chi connectivity index (χ3v) is 6.42. The zero-order chi connectivity index (χ0) is 20.8. The first-order chi connectivity index (χ1) is 13.8. The third kappa shape index (κ3) is 3.65. The number of thiophene rings is 1. The molecule has 1 aromatic carbocycles. The van der Waals surface area contributed by atoms with Crippen LogP contribution in [0.4, 0.5) is 0 Å². The first-order valence-electron chi connectivity index (χ1n) is 9.51. The minimum atomic E-state index is -0.626. The van der Waals surface area contributed by atoms with E-state index in [1.165, 1.54) is 20.5 Å². The molecule has 0 spiro atoms. The van der Waals surface area contributed by atoms with Gasteiger partial charge in [-0.15, -0.1) is 11.3 Å². The van der Waals surface area contributed by atoms with Gasteiger partial charge in [0.25, 0.3) is 5.56 Å². The van der Waals surface area contributed by atoms with Crippen molar-refractivity contribution in [2.24, 2.45) is 5.73 Å². The molecule has 3 heterocycles. The maximum absolute atomic E-state index is 13.2. The summed E-state index contributed by atoms with van der Waals surface area (Å²) in [4.78, 5) is 39.0. The maximum atomic E-state index is 13.2. The van der Waals surface area contributed by atoms with Crippen molar-refractivity contribution in [1.82, 2.24) is 9.13 Å². The van der Waals surface area contributed by atoms with Gasteiger partial charge in [0.15, 0.2) is 0 Å². The number of hydrogen-bond acceptors (Lipinski definition) is 5. The minimum Gasteiger partial charge on any atom is -0.370 e. The molecule has 0 aliphatic carbocycles. The number of nitrogens with zero attached hydrogens (tertiary/aromatic N) is 2. The van der Waals surface area contributed by atoms with Crippen LogP contribution in [0.5, 0.6) is 0 Å². The summed E-state index contributed by atoms with van der Waals surface area (Å²) in [5, 5.41) is 0. The Morgan fingerprint density at radius 2 is 1.93 bits per heavy atom. The molecule has 1 aliphatic rings. The Kier molecular flexibility index (Phi) is 4.92. The molecule has 0 saturated heterocycles. The Morgan fingerprint density at radius 3 is 2.62 bits per heavy atom. The first kappa shape index (κ1) is 19.6. The summed E-state index contributed by atoms with van der Waals surface area (Å²) in [6.07, 6.45) is 1.19. The molecule has 0 unspecified atom stereocenters. The van der Waals surface area contributed by atoms with Crippen molar-refractivity contribution in [3.05, 3.63) is 67.2 Å². The van der Waals surface area contributed by atoms with Gasteiger partial charge in [-0.25, -0.2) is 4.79 Å². The molecule has 4 rings (SSSR count). The second-order valence-electron chi connectivity index (χ2n) is 7.93. The number of ether oxygens (including phenoxy) is 1. The molecule has 0 bridgehead atoms. The quantitative estimate of drug-likeness (QED) is 0.690. The average Bonchev–Trinajstić information content (AvgIpc) is 3.03. The van der Waals surface area contributed by atoms with Crippen molar-refractivity contribution in [1.29, 1.82) is 0 Å². The molecule has 2 aromatic heterocycles. The Hall–Kier alpha value is -2.71. The summed E-state index contributed by atoms with van der Waals surface area (Å²) in [5.74, 6) is -0.626. The molecule has 29 heavy (non-hydrogen) atoms. The van der Waals surface area contributed by atoms with E-state index in [9.17, 15) is 14.4 Å². The number of hydrogen-bond donors (Lipinski definition) is 1. The lowest BCUT2D eigenvalue weighted by Crippen LogP contribution is -2.42. The number of primary amides is 1. The highest BCUT2D eigenvalue weighted by atomic mass is 32.1. The summed E-state index contributed by atoms with van der Waals surface area (Å²) in [7, 11) is 0. The molecule has 0 radical (unpaired) electrons. The molecular formula is C21H23N3O4S. The van der Waals surface area contributed by atoms with Crippen molar-refractivity contribution in [2.75, 3.05) is 0 Å². The van der Waals surface area contributed by atoms with Crippen molar-refractivity contribution >= 4 is 27.5 Å². The number of fused-ring (bicyclic) bond motifs is 3. The molecular weight excluding hydrogens is 390 g/mol. The molecule has 152 valence electrons. The molecule has 0 saturated carbocycles. The van der Waals surface area contributed by atoms with Crippen LogP contribution in [0.15, 0.2) is 39.9 Å². The number of aromatic nitrogens is 2. The van der Waals surface area contributed by atoms with E-state index < -0.39 is 11.6 Å². The predicted octanol–water partition coefficient (Wildman–Crippen LogP) is 1.80. The fraction of sp³-hybridized carbons (Fsp3) is 0.381. The van der Waals surface area contributed by atoms with Crippen LogP contribution < -0.4 is 17.0 Å². The normalized spacial score (nSPS) is 15.4. The van der Waals surface area contributed by atoms with Crippen LogP contribution in [0.3, 0.4) is 0 Å². The summed E-state index contributed by atoms with van der Waals surface area (Å²) in [6.45, 7) is 4.26. The SMILES string of the molecule is CC1(C)Cc2sc3c(=O)n(CCc4ccccc4)c(=O)n(CC(N)=O)c3c2CO1. The van der Waals surface area contributed by atoms with E-state index in [0.29, 0.717) is 29.7 Å². The molecule has 8 heteroatoms. The highest BCUT2D eigenvalue weighted by Crippen LogP contribution is 2.37. The lowest BCUT2D eigenvalue weighted by atomic mass is 9.98. The molecule has 0 fully saturated rings. The second-order valence-corrected chi connectivity index (χ2v) is 9.04. The predicted molar refractivity (Wildman–Crippen MR) is 112 cm³/mol. The topological polar surface area (TPSA) is 96.3 Å². The molecule has 0 atom stereocenters.